The largest absolute Gasteiger partial charge is 0.457 e. The minimum Gasteiger partial charge on any atom is -0.457 e. The van der Waals surface area contributed by atoms with Gasteiger partial charge in [-0.15, -0.1) is 0 Å². The fourth-order valence-corrected chi connectivity index (χ4v) is 6.20. The molecule has 30 heavy (non-hydrogen) atoms. The van der Waals surface area contributed by atoms with Gasteiger partial charge in [-0.25, -0.2) is 0 Å². The van der Waals surface area contributed by atoms with Gasteiger partial charge in [0.05, 0.1) is 5.56 Å². The lowest BCUT2D eigenvalue weighted by atomic mass is 9.91. The van der Waals surface area contributed by atoms with Crippen LogP contribution in [0.1, 0.15) is 68.6 Å². The van der Waals surface area contributed by atoms with E-state index < -0.39 is 8.38 Å². The Bertz CT molecular complexity index is 915. The first-order chi connectivity index (χ1) is 14.6. The van der Waals surface area contributed by atoms with E-state index in [2.05, 4.69) is 50.8 Å². The molecule has 0 aromatic heterocycles. The van der Waals surface area contributed by atoms with Gasteiger partial charge in [0, 0.05) is 23.9 Å². The maximum Gasteiger partial charge on any atom is 0.233 e. The van der Waals surface area contributed by atoms with Crippen LogP contribution in [0, 0.1) is 6.92 Å². The predicted octanol–water partition coefficient (Wildman–Crippen LogP) is 8.04. The van der Waals surface area contributed by atoms with E-state index in [4.69, 9.17) is 13.8 Å². The molecule has 0 saturated heterocycles. The monoisotopic (exact) mass is 424 g/mol. The Morgan fingerprint density at radius 1 is 1.10 bits per heavy atom. The number of benzene rings is 2. The predicted molar refractivity (Wildman–Crippen MR) is 126 cm³/mol. The molecule has 4 rings (SSSR count). The molecule has 1 fully saturated rings. The van der Waals surface area contributed by atoms with E-state index in [9.17, 15) is 0 Å². The molecular weight excluding hydrogens is 391 g/mol. The summed E-state index contributed by atoms with van der Waals surface area (Å²) in [5.74, 6) is 2.47. The molecule has 0 spiro atoms. The summed E-state index contributed by atoms with van der Waals surface area (Å²) in [6.45, 7) is 8.54. The second kappa shape index (κ2) is 9.54. The highest BCUT2D eigenvalue weighted by Gasteiger charge is 2.31. The van der Waals surface area contributed by atoms with Gasteiger partial charge < -0.3 is 13.8 Å². The standard InChI is InChI=1S/C26H33O3P/c1-5-6-7-10-20-16-24-26(23-15-18(2)13-14-22(23)19(3)28-24)25(17-20)29-30(27-4)21-11-8-9-12-21/h13-17,21H,3,5-12H2,1-2,4H3. The van der Waals surface area contributed by atoms with Crippen molar-refractivity contribution >= 4 is 14.1 Å². The molecule has 2 aromatic carbocycles. The molecule has 1 aliphatic carbocycles. The minimum atomic E-state index is -0.965. The fraction of sp³-hybridized carbons (Fsp3) is 0.462. The summed E-state index contributed by atoms with van der Waals surface area (Å²) in [7, 11) is 0.824. The Morgan fingerprint density at radius 3 is 2.63 bits per heavy atom. The SMILES string of the molecule is C=C1Oc2cc(CCCCC)cc(OP(OC)C3CCCC3)c2-c2cc(C)ccc21. The van der Waals surface area contributed by atoms with Crippen molar-refractivity contribution in [3.8, 4) is 22.6 Å². The first kappa shape index (κ1) is 21.4. The number of hydrogen-bond donors (Lipinski definition) is 0. The van der Waals surface area contributed by atoms with Crippen LogP contribution < -0.4 is 9.26 Å². The fourth-order valence-electron chi connectivity index (χ4n) is 4.55. The zero-order valence-corrected chi connectivity index (χ0v) is 19.4. The lowest BCUT2D eigenvalue weighted by Crippen LogP contribution is -2.09. The Kier molecular flexibility index (Phi) is 6.80. The summed E-state index contributed by atoms with van der Waals surface area (Å²) in [4.78, 5) is 0. The van der Waals surface area contributed by atoms with E-state index in [-0.39, 0.29) is 0 Å². The quantitative estimate of drug-likeness (QED) is 0.317. The molecule has 1 atom stereocenters. The van der Waals surface area contributed by atoms with Crippen molar-refractivity contribution in [2.45, 2.75) is 70.9 Å². The Hall–Kier alpha value is -1.83. The lowest BCUT2D eigenvalue weighted by molar-refractivity contribution is 0.383. The van der Waals surface area contributed by atoms with E-state index in [0.29, 0.717) is 11.4 Å². The third kappa shape index (κ3) is 4.43. The van der Waals surface area contributed by atoms with Gasteiger partial charge >= 0.3 is 0 Å². The summed E-state index contributed by atoms with van der Waals surface area (Å²) in [6, 6.07) is 10.8. The maximum absolute atomic E-state index is 6.66. The number of unbranched alkanes of at least 4 members (excludes halogenated alkanes) is 2. The van der Waals surface area contributed by atoms with Gasteiger partial charge in [0.25, 0.3) is 0 Å². The molecule has 1 unspecified atom stereocenters. The van der Waals surface area contributed by atoms with Crippen LogP contribution >= 0.6 is 8.38 Å². The van der Waals surface area contributed by atoms with Crippen LogP contribution in [-0.4, -0.2) is 12.8 Å². The van der Waals surface area contributed by atoms with Gasteiger partial charge in [-0.2, -0.15) is 0 Å². The van der Waals surface area contributed by atoms with Crippen molar-refractivity contribution in [1.82, 2.24) is 0 Å². The van der Waals surface area contributed by atoms with E-state index in [0.717, 1.165) is 34.6 Å². The smallest absolute Gasteiger partial charge is 0.233 e. The number of rotatable bonds is 8. The summed E-state index contributed by atoms with van der Waals surface area (Å²) >= 11 is 0. The van der Waals surface area contributed by atoms with E-state index >= 15 is 0 Å². The van der Waals surface area contributed by atoms with Crippen LogP contribution in [0.15, 0.2) is 36.9 Å². The van der Waals surface area contributed by atoms with Crippen LogP contribution in [-0.2, 0) is 10.9 Å². The van der Waals surface area contributed by atoms with Gasteiger partial charge in [0.15, 0.2) is 0 Å². The highest BCUT2D eigenvalue weighted by Crippen LogP contribution is 2.55. The van der Waals surface area contributed by atoms with E-state index in [1.54, 1.807) is 7.11 Å². The molecule has 1 saturated carbocycles. The molecule has 160 valence electrons. The van der Waals surface area contributed by atoms with Crippen molar-refractivity contribution in [2.75, 3.05) is 7.11 Å². The lowest BCUT2D eigenvalue weighted by Gasteiger charge is -2.28. The third-order valence-electron chi connectivity index (χ3n) is 6.16. The number of ether oxygens (including phenoxy) is 1. The van der Waals surface area contributed by atoms with Crippen LogP contribution in [0.25, 0.3) is 16.9 Å². The van der Waals surface area contributed by atoms with Crippen molar-refractivity contribution in [1.29, 1.82) is 0 Å². The maximum atomic E-state index is 6.66. The van der Waals surface area contributed by atoms with E-state index in [1.165, 1.54) is 56.1 Å². The Morgan fingerprint density at radius 2 is 1.90 bits per heavy atom. The van der Waals surface area contributed by atoms with Crippen molar-refractivity contribution in [2.24, 2.45) is 0 Å². The van der Waals surface area contributed by atoms with Gasteiger partial charge in [0.2, 0.25) is 8.38 Å². The molecule has 2 aliphatic rings. The van der Waals surface area contributed by atoms with Crippen LogP contribution in [0.3, 0.4) is 0 Å². The first-order valence-corrected chi connectivity index (χ1v) is 12.5. The molecule has 0 amide bonds. The number of hydrogen-bond acceptors (Lipinski definition) is 3. The van der Waals surface area contributed by atoms with Gasteiger partial charge in [-0.05, 0) is 50.3 Å². The first-order valence-electron chi connectivity index (χ1n) is 11.3. The molecule has 3 nitrogen and oxygen atoms in total. The highest BCUT2D eigenvalue weighted by atomic mass is 31.2. The highest BCUT2D eigenvalue weighted by molar-refractivity contribution is 7.48. The molecule has 1 heterocycles. The molecule has 0 radical (unpaired) electrons. The summed E-state index contributed by atoms with van der Waals surface area (Å²) in [5, 5.41) is 0. The third-order valence-corrected chi connectivity index (χ3v) is 8.01. The van der Waals surface area contributed by atoms with Crippen LogP contribution in [0.5, 0.6) is 11.5 Å². The number of aryl methyl sites for hydroxylation is 2. The second-order valence-corrected chi connectivity index (χ2v) is 10.3. The molecular formula is C26H33O3P. The van der Waals surface area contributed by atoms with Gasteiger partial charge in [-0.3, -0.25) is 0 Å². The Balaban J connectivity index is 1.77. The van der Waals surface area contributed by atoms with E-state index in [1.807, 2.05) is 0 Å². The number of fused-ring (bicyclic) bond motifs is 3. The van der Waals surface area contributed by atoms with Crippen LogP contribution in [0.2, 0.25) is 0 Å². The van der Waals surface area contributed by atoms with Crippen molar-refractivity contribution < 1.29 is 13.8 Å². The molecule has 1 aliphatic heterocycles. The molecule has 2 aromatic rings. The van der Waals surface area contributed by atoms with Gasteiger partial charge in [0.1, 0.15) is 17.3 Å². The average molecular weight is 425 g/mol. The summed E-state index contributed by atoms with van der Waals surface area (Å²) in [5.41, 5.74) is 6.23. The Labute approximate surface area is 182 Å². The normalized spacial score (nSPS) is 16.7. The van der Waals surface area contributed by atoms with Gasteiger partial charge in [-0.1, -0.05) is 62.9 Å². The zero-order chi connectivity index (χ0) is 21.1. The average Bonchev–Trinajstić information content (AvgIpc) is 3.26. The summed E-state index contributed by atoms with van der Waals surface area (Å²) in [6.07, 6.45) is 9.59. The minimum absolute atomic E-state index is 0.515. The molecule has 0 bridgehead atoms. The zero-order valence-electron chi connectivity index (χ0n) is 18.5. The van der Waals surface area contributed by atoms with Crippen molar-refractivity contribution in [3.63, 3.8) is 0 Å². The molecule has 0 N–H and O–H groups in total. The summed E-state index contributed by atoms with van der Waals surface area (Å²) < 4.78 is 18.8. The topological polar surface area (TPSA) is 27.7 Å². The van der Waals surface area contributed by atoms with Crippen molar-refractivity contribution in [3.05, 3.63) is 53.6 Å². The van der Waals surface area contributed by atoms with Crippen LogP contribution in [0.4, 0.5) is 0 Å². The molecule has 4 heteroatoms. The second-order valence-electron chi connectivity index (χ2n) is 8.50.